The molecule has 0 radical (unpaired) electrons. The monoisotopic (exact) mass is 361 g/mol. The number of aromatic nitrogens is 4. The summed E-state index contributed by atoms with van der Waals surface area (Å²) in [5.74, 6) is 0.0444. The third-order valence-corrected chi connectivity index (χ3v) is 4.19. The number of rotatable bonds is 3. The van der Waals surface area contributed by atoms with Gasteiger partial charge in [0.1, 0.15) is 6.07 Å². The van der Waals surface area contributed by atoms with Crippen LogP contribution in [0.5, 0.6) is 0 Å². The molecule has 0 saturated heterocycles. The molecule has 0 amide bonds. The summed E-state index contributed by atoms with van der Waals surface area (Å²) in [6.07, 6.45) is 4.81. The average Bonchev–Trinajstić information content (AvgIpc) is 2.71. The molecule has 0 bridgehead atoms. The number of hydrogen-bond donors (Lipinski definition) is 1. The van der Waals surface area contributed by atoms with Crippen LogP contribution in [0.1, 0.15) is 33.6 Å². The van der Waals surface area contributed by atoms with Gasteiger partial charge >= 0.3 is 0 Å². The van der Waals surface area contributed by atoms with Gasteiger partial charge in [0.25, 0.3) is 0 Å². The molecule has 0 unspecified atom stereocenters. The third kappa shape index (κ3) is 3.42. The quantitative estimate of drug-likeness (QED) is 0.766. The molecule has 7 nitrogen and oxygen atoms in total. The zero-order chi connectivity index (χ0) is 22.4. The Balaban J connectivity index is 1.80. The number of nitrogens with one attached hydrogen (secondary N) is 1. The van der Waals surface area contributed by atoms with Crippen molar-refractivity contribution in [2.75, 3.05) is 16.7 Å². The number of pyridine rings is 2. The van der Waals surface area contributed by atoms with Gasteiger partial charge in [0.05, 0.1) is 14.6 Å². The molecule has 7 heteroatoms. The fourth-order valence-corrected chi connectivity index (χ4v) is 2.76. The molecular formula is C20H19N7. The van der Waals surface area contributed by atoms with Crippen LogP contribution in [0.4, 0.5) is 17.2 Å². The summed E-state index contributed by atoms with van der Waals surface area (Å²) in [7, 11) is 0. The fraction of sp³-hybridized carbons (Fsp3) is 0.250. The molecule has 3 aromatic rings. The Morgan fingerprint density at radius 3 is 2.89 bits per heavy atom. The van der Waals surface area contributed by atoms with E-state index in [0.29, 0.717) is 16.9 Å². The molecule has 0 aliphatic carbocycles. The maximum atomic E-state index is 9.04. The van der Waals surface area contributed by atoms with Crippen LogP contribution in [0.2, 0.25) is 0 Å². The summed E-state index contributed by atoms with van der Waals surface area (Å²) in [5, 5.41) is 20.0. The summed E-state index contributed by atoms with van der Waals surface area (Å²) in [6.45, 7) is -0.811. The molecule has 0 atom stereocenters. The first-order valence-electron chi connectivity index (χ1n) is 10.4. The summed E-state index contributed by atoms with van der Waals surface area (Å²) in [6, 6.07) is 6.80. The first kappa shape index (κ1) is 12.8. The van der Waals surface area contributed by atoms with E-state index in [2.05, 4.69) is 25.5 Å². The van der Waals surface area contributed by atoms with Crippen LogP contribution < -0.4 is 10.2 Å². The predicted molar refractivity (Wildman–Crippen MR) is 103 cm³/mol. The Morgan fingerprint density at radius 2 is 2.11 bits per heavy atom. The highest BCUT2D eigenvalue weighted by atomic mass is 15.3. The van der Waals surface area contributed by atoms with Crippen molar-refractivity contribution < 1.29 is 5.48 Å². The molecule has 0 saturated carbocycles. The lowest BCUT2D eigenvalue weighted by molar-refractivity contribution is 0.693. The van der Waals surface area contributed by atoms with E-state index >= 15 is 0 Å². The standard InChI is InChI=1S/C20H19N7/c1-13-7-16(9-21)25-26-20(13)27-6-4-19-15(12-27)8-17(11-23-19)24-18-3-5-22-10-14(18)2/h3,5,7-8,10-11H,4,6,12H2,1-2H3,(H,22,24)/i6D2,12D2. The van der Waals surface area contributed by atoms with E-state index in [4.69, 9.17) is 10.7 Å². The molecule has 4 rings (SSSR count). The molecule has 134 valence electrons. The van der Waals surface area contributed by atoms with E-state index in [9.17, 15) is 0 Å². The molecule has 1 N–H and O–H groups in total. The van der Waals surface area contributed by atoms with Gasteiger partial charge in [-0.15, -0.1) is 10.2 Å². The highest BCUT2D eigenvalue weighted by Gasteiger charge is 2.21. The van der Waals surface area contributed by atoms with Crippen molar-refractivity contribution in [3.63, 3.8) is 0 Å². The number of hydrogen-bond acceptors (Lipinski definition) is 7. The second kappa shape index (κ2) is 7.00. The van der Waals surface area contributed by atoms with Gasteiger partial charge in [-0.25, -0.2) is 0 Å². The predicted octanol–water partition coefficient (Wildman–Crippen LogP) is 3.06. The van der Waals surface area contributed by atoms with Gasteiger partial charge in [-0.3, -0.25) is 9.97 Å². The largest absolute Gasteiger partial charge is 0.354 e. The summed E-state index contributed by atoms with van der Waals surface area (Å²) >= 11 is 0. The van der Waals surface area contributed by atoms with E-state index in [-0.39, 0.29) is 23.5 Å². The van der Waals surface area contributed by atoms with Gasteiger partial charge in [0.2, 0.25) is 0 Å². The van der Waals surface area contributed by atoms with Gasteiger partial charge in [-0.05, 0) is 48.7 Å². The minimum absolute atomic E-state index is 0.0444. The summed E-state index contributed by atoms with van der Waals surface area (Å²) in [5.41, 5.74) is 3.42. The lowest BCUT2D eigenvalue weighted by Crippen LogP contribution is -2.32. The Morgan fingerprint density at radius 1 is 1.22 bits per heavy atom. The minimum Gasteiger partial charge on any atom is -0.354 e. The Kier molecular flexibility index (Phi) is 3.31. The van der Waals surface area contributed by atoms with Crippen molar-refractivity contribution in [3.05, 3.63) is 64.9 Å². The molecule has 0 fully saturated rings. The van der Waals surface area contributed by atoms with E-state index in [1.807, 2.05) is 19.1 Å². The van der Waals surface area contributed by atoms with E-state index in [1.54, 1.807) is 31.6 Å². The van der Waals surface area contributed by atoms with Crippen molar-refractivity contribution in [1.82, 2.24) is 20.2 Å². The number of anilines is 3. The van der Waals surface area contributed by atoms with Gasteiger partial charge in [-0.1, -0.05) is 0 Å². The van der Waals surface area contributed by atoms with E-state index in [0.717, 1.165) is 16.2 Å². The summed E-state index contributed by atoms with van der Waals surface area (Å²) < 4.78 is 34.7. The number of aryl methyl sites for hydroxylation is 3. The second-order valence-corrected chi connectivity index (χ2v) is 6.16. The Bertz CT molecular complexity index is 1210. The van der Waals surface area contributed by atoms with Crippen LogP contribution in [-0.4, -0.2) is 26.7 Å². The van der Waals surface area contributed by atoms with Gasteiger partial charge in [-0.2, -0.15) is 5.26 Å². The molecule has 0 aromatic carbocycles. The van der Waals surface area contributed by atoms with E-state index in [1.165, 1.54) is 6.07 Å². The smallest absolute Gasteiger partial charge is 0.163 e. The maximum absolute atomic E-state index is 9.04. The minimum atomic E-state index is -2.26. The molecule has 3 aromatic heterocycles. The first-order valence-corrected chi connectivity index (χ1v) is 8.35. The molecule has 4 heterocycles. The highest BCUT2D eigenvalue weighted by molar-refractivity contribution is 5.63. The third-order valence-electron chi connectivity index (χ3n) is 4.19. The van der Waals surface area contributed by atoms with Crippen LogP contribution in [0.3, 0.4) is 0 Å². The Labute approximate surface area is 163 Å². The molecular weight excluding hydrogens is 338 g/mol. The van der Waals surface area contributed by atoms with Crippen molar-refractivity contribution in [2.45, 2.75) is 26.8 Å². The number of nitrogens with zero attached hydrogens (tertiary/aromatic N) is 6. The van der Waals surface area contributed by atoms with Gasteiger partial charge in [0, 0.05) is 45.9 Å². The number of fused-ring (bicyclic) bond motifs is 1. The average molecular weight is 361 g/mol. The molecule has 0 spiro atoms. The zero-order valence-electron chi connectivity index (χ0n) is 18.9. The first-order chi connectivity index (χ1) is 14.6. The van der Waals surface area contributed by atoms with Crippen molar-refractivity contribution in [3.8, 4) is 6.07 Å². The van der Waals surface area contributed by atoms with Crippen molar-refractivity contribution >= 4 is 17.2 Å². The van der Waals surface area contributed by atoms with Crippen molar-refractivity contribution in [1.29, 1.82) is 5.26 Å². The molecule has 1 aliphatic heterocycles. The lowest BCUT2D eigenvalue weighted by atomic mass is 10.0. The van der Waals surface area contributed by atoms with Crippen molar-refractivity contribution in [2.24, 2.45) is 0 Å². The van der Waals surface area contributed by atoms with Crippen LogP contribution in [0, 0.1) is 25.2 Å². The Hall–Kier alpha value is -3.53. The SMILES string of the molecule is [2H]C1([2H])Cc2ncc(Nc3ccncc3C)cc2C([2H])([2H])N1c1nnc(C#N)cc1C. The zero-order valence-corrected chi connectivity index (χ0v) is 14.9. The van der Waals surface area contributed by atoms with Gasteiger partial charge < -0.3 is 10.2 Å². The molecule has 27 heavy (non-hydrogen) atoms. The maximum Gasteiger partial charge on any atom is 0.163 e. The number of nitriles is 1. The van der Waals surface area contributed by atoms with Crippen LogP contribution in [-0.2, 0) is 12.9 Å². The fourth-order valence-electron chi connectivity index (χ4n) is 2.76. The van der Waals surface area contributed by atoms with Crippen LogP contribution >= 0.6 is 0 Å². The van der Waals surface area contributed by atoms with Crippen LogP contribution in [0.15, 0.2) is 36.8 Å². The second-order valence-electron chi connectivity index (χ2n) is 6.16. The van der Waals surface area contributed by atoms with E-state index < -0.39 is 13.0 Å². The summed E-state index contributed by atoms with van der Waals surface area (Å²) in [4.78, 5) is 9.39. The van der Waals surface area contributed by atoms with Gasteiger partial charge in [0.15, 0.2) is 11.5 Å². The highest BCUT2D eigenvalue weighted by Crippen LogP contribution is 2.27. The lowest BCUT2D eigenvalue weighted by Gasteiger charge is -2.30. The van der Waals surface area contributed by atoms with Crippen LogP contribution in [0.25, 0.3) is 0 Å². The molecule has 1 aliphatic rings. The normalized spacial score (nSPS) is 18.9. The topological polar surface area (TPSA) is 90.6 Å².